The number of hydrogen-bond donors (Lipinski definition) is 0. The lowest BCUT2D eigenvalue weighted by atomic mass is 10.2. The topological polar surface area (TPSA) is 38.9 Å². The third-order valence-electron chi connectivity index (χ3n) is 3.10. The fraction of sp³-hybridized carbons (Fsp3) is 0.125. The van der Waals surface area contributed by atoms with Crippen LogP contribution in [0.5, 0.6) is 0 Å². The molecule has 0 aliphatic carbocycles. The highest BCUT2D eigenvalue weighted by Gasteiger charge is 2.16. The number of benzene rings is 2. The Balaban J connectivity index is 1.79. The molecule has 0 bridgehead atoms. The Morgan fingerprint density at radius 3 is 2.64 bits per heavy atom. The van der Waals surface area contributed by atoms with Gasteiger partial charge in [0.25, 0.3) is 5.22 Å². The first-order valence-corrected chi connectivity index (χ1v) is 8.27. The Labute approximate surface area is 142 Å². The van der Waals surface area contributed by atoms with Crippen molar-refractivity contribution in [2.24, 2.45) is 0 Å². The molecule has 0 aliphatic heterocycles. The highest BCUT2D eigenvalue weighted by Crippen LogP contribution is 2.38. The molecule has 0 radical (unpaired) electrons. The standard InChI is InChI=1S/C16H12Cl2N2OS/c1-10(13-7-2-3-8-14(13)18)22-16-20-19-15(21-16)11-5-4-6-12(17)9-11/h2-10H,1H3/t10-/m1/s1. The lowest BCUT2D eigenvalue weighted by Crippen LogP contribution is -1.89. The van der Waals surface area contributed by atoms with Gasteiger partial charge < -0.3 is 4.42 Å². The predicted octanol–water partition coefficient (Wildman–Crippen LogP) is 5.90. The second-order valence-electron chi connectivity index (χ2n) is 4.67. The summed E-state index contributed by atoms with van der Waals surface area (Å²) >= 11 is 13.7. The summed E-state index contributed by atoms with van der Waals surface area (Å²) in [7, 11) is 0. The first kappa shape index (κ1) is 15.4. The van der Waals surface area contributed by atoms with E-state index in [1.807, 2.05) is 36.4 Å². The fourth-order valence-electron chi connectivity index (χ4n) is 2.02. The zero-order valence-corrected chi connectivity index (χ0v) is 14.0. The zero-order chi connectivity index (χ0) is 15.5. The molecule has 22 heavy (non-hydrogen) atoms. The van der Waals surface area contributed by atoms with Crippen LogP contribution in [0.25, 0.3) is 11.5 Å². The molecular weight excluding hydrogens is 339 g/mol. The largest absolute Gasteiger partial charge is 0.411 e. The van der Waals surface area contributed by atoms with Crippen LogP contribution in [0.2, 0.25) is 10.0 Å². The van der Waals surface area contributed by atoms with E-state index >= 15 is 0 Å². The van der Waals surface area contributed by atoms with Crippen LogP contribution in [0.1, 0.15) is 17.7 Å². The van der Waals surface area contributed by atoms with E-state index in [2.05, 4.69) is 17.1 Å². The molecule has 0 amide bonds. The smallest absolute Gasteiger partial charge is 0.277 e. The fourth-order valence-corrected chi connectivity index (χ4v) is 3.42. The number of thioether (sulfide) groups is 1. The second kappa shape index (κ2) is 6.73. The zero-order valence-electron chi connectivity index (χ0n) is 11.7. The molecule has 112 valence electrons. The van der Waals surface area contributed by atoms with Gasteiger partial charge in [0.05, 0.1) is 0 Å². The summed E-state index contributed by atoms with van der Waals surface area (Å²) in [6.07, 6.45) is 0. The lowest BCUT2D eigenvalue weighted by Gasteiger charge is -2.10. The van der Waals surface area contributed by atoms with Gasteiger partial charge in [-0.3, -0.25) is 0 Å². The van der Waals surface area contributed by atoms with E-state index in [-0.39, 0.29) is 5.25 Å². The monoisotopic (exact) mass is 350 g/mol. The first-order chi connectivity index (χ1) is 10.6. The molecule has 0 saturated carbocycles. The van der Waals surface area contributed by atoms with Gasteiger partial charge in [-0.2, -0.15) is 0 Å². The van der Waals surface area contributed by atoms with Crippen LogP contribution in [0.15, 0.2) is 58.2 Å². The van der Waals surface area contributed by atoms with E-state index in [4.69, 9.17) is 27.6 Å². The van der Waals surface area contributed by atoms with Crippen LogP contribution in [0, 0.1) is 0 Å². The van der Waals surface area contributed by atoms with Gasteiger partial charge in [0.15, 0.2) is 0 Å². The molecular formula is C16H12Cl2N2OS. The molecule has 3 nitrogen and oxygen atoms in total. The summed E-state index contributed by atoms with van der Waals surface area (Å²) < 4.78 is 5.70. The van der Waals surface area contributed by atoms with Crippen molar-refractivity contribution in [3.05, 3.63) is 64.1 Å². The molecule has 0 unspecified atom stereocenters. The molecule has 1 atom stereocenters. The minimum absolute atomic E-state index is 0.112. The van der Waals surface area contributed by atoms with Crippen LogP contribution in [0.3, 0.4) is 0 Å². The molecule has 0 aliphatic rings. The predicted molar refractivity (Wildman–Crippen MR) is 90.5 cm³/mol. The van der Waals surface area contributed by atoms with E-state index in [0.29, 0.717) is 16.1 Å². The SMILES string of the molecule is C[C@@H](Sc1nnc(-c2cccc(Cl)c2)o1)c1ccccc1Cl. The van der Waals surface area contributed by atoms with E-state index in [9.17, 15) is 0 Å². The quantitative estimate of drug-likeness (QED) is 0.549. The van der Waals surface area contributed by atoms with Gasteiger partial charge in [-0.1, -0.05) is 59.2 Å². The molecule has 6 heteroatoms. The number of rotatable bonds is 4. The molecule has 0 saturated heterocycles. The third-order valence-corrected chi connectivity index (χ3v) is 4.65. The molecule has 0 spiro atoms. The summed E-state index contributed by atoms with van der Waals surface area (Å²) in [6.45, 7) is 2.05. The van der Waals surface area contributed by atoms with Gasteiger partial charge in [-0.25, -0.2) is 0 Å². The maximum atomic E-state index is 6.21. The Kier molecular flexibility index (Phi) is 4.71. The van der Waals surface area contributed by atoms with Gasteiger partial charge in [-0.15, -0.1) is 10.2 Å². The number of nitrogens with zero attached hydrogens (tertiary/aromatic N) is 2. The Hall–Kier alpha value is -1.49. The number of halogens is 2. The summed E-state index contributed by atoms with van der Waals surface area (Å²) in [5.74, 6) is 0.455. The molecule has 3 aromatic rings. The molecule has 2 aromatic carbocycles. The molecule has 1 aromatic heterocycles. The van der Waals surface area contributed by atoms with Crippen LogP contribution in [0.4, 0.5) is 0 Å². The average Bonchev–Trinajstić information content (AvgIpc) is 2.96. The van der Waals surface area contributed by atoms with Gasteiger partial charge >= 0.3 is 0 Å². The Bertz CT molecular complexity index is 791. The minimum atomic E-state index is 0.112. The Morgan fingerprint density at radius 1 is 1.05 bits per heavy atom. The molecule has 0 N–H and O–H groups in total. The molecule has 3 rings (SSSR count). The van der Waals surface area contributed by atoms with Gasteiger partial charge in [0.1, 0.15) is 0 Å². The third kappa shape index (κ3) is 3.46. The van der Waals surface area contributed by atoms with Crippen LogP contribution >= 0.6 is 35.0 Å². The Morgan fingerprint density at radius 2 is 1.86 bits per heavy atom. The van der Waals surface area contributed by atoms with Crippen LogP contribution < -0.4 is 0 Å². The maximum absolute atomic E-state index is 6.21. The van der Waals surface area contributed by atoms with Crippen molar-refractivity contribution in [2.45, 2.75) is 17.4 Å². The molecule has 1 heterocycles. The second-order valence-corrected chi connectivity index (χ2v) is 6.80. The highest BCUT2D eigenvalue weighted by molar-refractivity contribution is 7.99. The van der Waals surface area contributed by atoms with E-state index in [1.54, 1.807) is 12.1 Å². The van der Waals surface area contributed by atoms with Crippen molar-refractivity contribution in [3.8, 4) is 11.5 Å². The van der Waals surface area contributed by atoms with Gasteiger partial charge in [-0.05, 0) is 36.8 Å². The van der Waals surface area contributed by atoms with E-state index in [1.165, 1.54) is 11.8 Å². The summed E-state index contributed by atoms with van der Waals surface area (Å²) in [5.41, 5.74) is 1.84. The molecule has 0 fully saturated rings. The number of hydrogen-bond acceptors (Lipinski definition) is 4. The number of aromatic nitrogens is 2. The van der Waals surface area contributed by atoms with Gasteiger partial charge in [0, 0.05) is 20.9 Å². The van der Waals surface area contributed by atoms with Crippen molar-refractivity contribution >= 4 is 35.0 Å². The normalized spacial score (nSPS) is 12.3. The van der Waals surface area contributed by atoms with Gasteiger partial charge in [0.2, 0.25) is 5.89 Å². The summed E-state index contributed by atoms with van der Waals surface area (Å²) in [6, 6.07) is 15.1. The minimum Gasteiger partial charge on any atom is -0.411 e. The van der Waals surface area contributed by atoms with Crippen molar-refractivity contribution in [1.29, 1.82) is 0 Å². The first-order valence-electron chi connectivity index (χ1n) is 6.64. The van der Waals surface area contributed by atoms with E-state index in [0.717, 1.165) is 16.1 Å². The average molecular weight is 351 g/mol. The highest BCUT2D eigenvalue weighted by atomic mass is 35.5. The van der Waals surface area contributed by atoms with Crippen molar-refractivity contribution in [2.75, 3.05) is 0 Å². The summed E-state index contributed by atoms with van der Waals surface area (Å²) in [4.78, 5) is 0. The lowest BCUT2D eigenvalue weighted by molar-refractivity contribution is 0.465. The van der Waals surface area contributed by atoms with Crippen molar-refractivity contribution < 1.29 is 4.42 Å². The maximum Gasteiger partial charge on any atom is 0.277 e. The van der Waals surface area contributed by atoms with Crippen LogP contribution in [-0.4, -0.2) is 10.2 Å². The van der Waals surface area contributed by atoms with Crippen molar-refractivity contribution in [1.82, 2.24) is 10.2 Å². The van der Waals surface area contributed by atoms with E-state index < -0.39 is 0 Å². The van der Waals surface area contributed by atoms with Crippen molar-refractivity contribution in [3.63, 3.8) is 0 Å². The summed E-state index contributed by atoms with van der Waals surface area (Å²) in [5, 5.41) is 10.1. The van der Waals surface area contributed by atoms with Crippen LogP contribution in [-0.2, 0) is 0 Å².